The van der Waals surface area contributed by atoms with Crippen molar-refractivity contribution in [2.24, 2.45) is 0 Å². The van der Waals surface area contributed by atoms with Crippen LogP contribution in [-0.2, 0) is 14.3 Å². The van der Waals surface area contributed by atoms with E-state index < -0.39 is 5.97 Å². The number of carboxylic acid groups (broad SMARTS) is 1. The predicted molar refractivity (Wildman–Crippen MR) is 48.5 cm³/mol. The molecule has 78 valence electrons. The van der Waals surface area contributed by atoms with Gasteiger partial charge in [-0.15, -0.1) is 0 Å². The van der Waals surface area contributed by atoms with Gasteiger partial charge in [-0.05, 0) is 13.5 Å². The third-order valence-electron chi connectivity index (χ3n) is 1.01. The molecule has 0 bridgehead atoms. The normalized spacial score (nSPS) is 8.23. The first-order chi connectivity index (χ1) is 6.08. The lowest BCUT2D eigenvalue weighted by Gasteiger charge is -1.93. The Hall–Kier alpha value is -1.10. The third-order valence-corrected chi connectivity index (χ3v) is 1.01. The molecule has 0 atom stereocenters. The van der Waals surface area contributed by atoms with Crippen LogP contribution >= 0.6 is 0 Å². The van der Waals surface area contributed by atoms with E-state index in [1.54, 1.807) is 7.05 Å². The maximum absolute atomic E-state index is 10.1. The molecule has 0 unspecified atom stereocenters. The van der Waals surface area contributed by atoms with Crippen molar-refractivity contribution in [3.05, 3.63) is 0 Å². The second-order valence-corrected chi connectivity index (χ2v) is 2.25. The average Bonchev–Trinajstić information content (AvgIpc) is 2.05. The standard InChI is InChI=1S/C4H9NO2.C4H8O2/c1-5-3-4(6)7-2;1-2-3-4(5)6/h5H,3H2,1-2H3;2-3H2,1H3,(H,5,6). The molecular weight excluding hydrogens is 174 g/mol. The first-order valence-corrected chi connectivity index (χ1v) is 4.01. The van der Waals surface area contributed by atoms with Crippen LogP contribution < -0.4 is 5.32 Å². The summed E-state index contributed by atoms with van der Waals surface area (Å²) in [6.45, 7) is 2.13. The maximum Gasteiger partial charge on any atom is 0.319 e. The van der Waals surface area contributed by atoms with E-state index in [1.165, 1.54) is 7.11 Å². The van der Waals surface area contributed by atoms with Gasteiger partial charge in [-0.25, -0.2) is 0 Å². The number of nitrogens with one attached hydrogen (secondary N) is 1. The molecule has 5 nitrogen and oxygen atoms in total. The van der Waals surface area contributed by atoms with Crippen LogP contribution in [-0.4, -0.2) is 37.7 Å². The topological polar surface area (TPSA) is 75.6 Å². The van der Waals surface area contributed by atoms with E-state index >= 15 is 0 Å². The number of carbonyl (C=O) groups is 2. The number of likely N-dealkylation sites (N-methyl/N-ethyl adjacent to an activating group) is 1. The Labute approximate surface area is 78.1 Å². The summed E-state index contributed by atoms with van der Waals surface area (Å²) in [5.74, 6) is -0.944. The zero-order valence-corrected chi connectivity index (χ0v) is 8.29. The minimum Gasteiger partial charge on any atom is -0.481 e. The zero-order chi connectivity index (χ0) is 10.7. The number of esters is 1. The van der Waals surface area contributed by atoms with Crippen LogP contribution in [0.2, 0.25) is 0 Å². The summed E-state index contributed by atoms with van der Waals surface area (Å²) in [5.41, 5.74) is 0. The number of carbonyl (C=O) groups excluding carboxylic acids is 1. The molecule has 0 aliphatic rings. The molecule has 0 radical (unpaired) electrons. The highest BCUT2D eigenvalue weighted by Crippen LogP contribution is 1.82. The Balaban J connectivity index is 0. The summed E-state index contributed by atoms with van der Waals surface area (Å²) in [6, 6.07) is 0. The fraction of sp³-hybridized carbons (Fsp3) is 0.750. The molecular formula is C8H17NO4. The molecule has 0 amide bonds. The van der Waals surface area contributed by atoms with Crippen molar-refractivity contribution in [3.8, 4) is 0 Å². The lowest BCUT2D eigenvalue weighted by Crippen LogP contribution is -2.19. The predicted octanol–water partition coefficient (Wildman–Crippen LogP) is 0.250. The van der Waals surface area contributed by atoms with Gasteiger partial charge >= 0.3 is 11.9 Å². The van der Waals surface area contributed by atoms with Crippen LogP contribution in [0.5, 0.6) is 0 Å². The number of ether oxygens (including phenoxy) is 1. The Morgan fingerprint density at radius 3 is 2.08 bits per heavy atom. The quantitative estimate of drug-likeness (QED) is 0.623. The van der Waals surface area contributed by atoms with E-state index in [1.807, 2.05) is 6.92 Å². The van der Waals surface area contributed by atoms with Crippen molar-refractivity contribution in [3.63, 3.8) is 0 Å². The van der Waals surface area contributed by atoms with Crippen LogP contribution in [0, 0.1) is 0 Å². The maximum atomic E-state index is 10.1. The van der Waals surface area contributed by atoms with Crippen LogP contribution in [0.25, 0.3) is 0 Å². The highest BCUT2D eigenvalue weighted by Gasteiger charge is 1.91. The molecule has 5 heteroatoms. The van der Waals surface area contributed by atoms with E-state index in [0.717, 1.165) is 6.42 Å². The van der Waals surface area contributed by atoms with Gasteiger partial charge in [0.2, 0.25) is 0 Å². The van der Waals surface area contributed by atoms with Crippen molar-refractivity contribution < 1.29 is 19.4 Å². The van der Waals surface area contributed by atoms with Crippen molar-refractivity contribution in [1.29, 1.82) is 0 Å². The number of carboxylic acids is 1. The molecule has 0 aliphatic heterocycles. The fourth-order valence-corrected chi connectivity index (χ4v) is 0.430. The minimum atomic E-state index is -0.711. The Morgan fingerprint density at radius 1 is 1.46 bits per heavy atom. The number of aliphatic carboxylic acids is 1. The highest BCUT2D eigenvalue weighted by atomic mass is 16.5. The van der Waals surface area contributed by atoms with Gasteiger partial charge in [0.15, 0.2) is 0 Å². The minimum absolute atomic E-state index is 0.234. The summed E-state index contributed by atoms with van der Waals surface area (Å²) < 4.78 is 4.29. The van der Waals surface area contributed by atoms with Gasteiger partial charge in [-0.1, -0.05) is 6.92 Å². The molecule has 2 N–H and O–H groups in total. The van der Waals surface area contributed by atoms with Gasteiger partial charge in [-0.2, -0.15) is 0 Å². The second kappa shape index (κ2) is 10.9. The van der Waals surface area contributed by atoms with Crippen LogP contribution in [0.3, 0.4) is 0 Å². The van der Waals surface area contributed by atoms with Crippen LogP contribution in [0.1, 0.15) is 19.8 Å². The third kappa shape index (κ3) is 18.1. The van der Waals surface area contributed by atoms with Crippen molar-refractivity contribution in [1.82, 2.24) is 5.32 Å². The summed E-state index contributed by atoms with van der Waals surface area (Å²) in [7, 11) is 3.05. The van der Waals surface area contributed by atoms with Gasteiger partial charge in [0.25, 0.3) is 0 Å². The van der Waals surface area contributed by atoms with E-state index in [2.05, 4.69) is 10.1 Å². The first-order valence-electron chi connectivity index (χ1n) is 4.01. The molecule has 0 rings (SSSR count). The molecule has 13 heavy (non-hydrogen) atoms. The largest absolute Gasteiger partial charge is 0.481 e. The molecule has 0 aromatic heterocycles. The van der Waals surface area contributed by atoms with E-state index in [-0.39, 0.29) is 12.5 Å². The molecule has 0 aliphatic carbocycles. The Kier molecular flexibility index (Phi) is 12.1. The molecule has 0 saturated carbocycles. The molecule has 0 aromatic carbocycles. The van der Waals surface area contributed by atoms with E-state index in [0.29, 0.717) is 6.42 Å². The smallest absolute Gasteiger partial charge is 0.319 e. The Morgan fingerprint density at radius 2 is 2.00 bits per heavy atom. The summed E-state index contributed by atoms with van der Waals surface area (Å²) in [4.78, 5) is 19.7. The summed E-state index contributed by atoms with van der Waals surface area (Å²) in [6.07, 6.45) is 1.02. The molecule has 0 fully saturated rings. The van der Waals surface area contributed by atoms with Crippen molar-refractivity contribution in [2.75, 3.05) is 20.7 Å². The zero-order valence-electron chi connectivity index (χ0n) is 8.29. The molecule has 0 spiro atoms. The SMILES string of the molecule is CCCC(=O)O.CNCC(=O)OC. The highest BCUT2D eigenvalue weighted by molar-refractivity contribution is 5.71. The molecule has 0 heterocycles. The van der Waals surface area contributed by atoms with Crippen molar-refractivity contribution in [2.45, 2.75) is 19.8 Å². The molecule has 0 saturated heterocycles. The average molecular weight is 191 g/mol. The van der Waals surface area contributed by atoms with Gasteiger partial charge in [-0.3, -0.25) is 9.59 Å². The van der Waals surface area contributed by atoms with Crippen molar-refractivity contribution >= 4 is 11.9 Å². The number of methoxy groups -OCH3 is 1. The Bertz CT molecular complexity index is 147. The monoisotopic (exact) mass is 191 g/mol. The number of hydrogen-bond donors (Lipinski definition) is 2. The number of rotatable bonds is 4. The van der Waals surface area contributed by atoms with Gasteiger partial charge in [0, 0.05) is 6.42 Å². The second-order valence-electron chi connectivity index (χ2n) is 2.25. The lowest BCUT2D eigenvalue weighted by molar-refractivity contribution is -0.139. The molecule has 0 aromatic rings. The van der Waals surface area contributed by atoms with Crippen LogP contribution in [0.15, 0.2) is 0 Å². The van der Waals surface area contributed by atoms with Crippen LogP contribution in [0.4, 0.5) is 0 Å². The lowest BCUT2D eigenvalue weighted by atomic mass is 10.4. The summed E-state index contributed by atoms with van der Waals surface area (Å²) in [5, 5.41) is 10.6. The fourth-order valence-electron chi connectivity index (χ4n) is 0.430. The van der Waals surface area contributed by atoms with Gasteiger partial charge in [0.05, 0.1) is 13.7 Å². The van der Waals surface area contributed by atoms with E-state index in [4.69, 9.17) is 5.11 Å². The van der Waals surface area contributed by atoms with E-state index in [9.17, 15) is 9.59 Å². The van der Waals surface area contributed by atoms with Gasteiger partial charge < -0.3 is 15.2 Å². The first kappa shape index (κ1) is 14.4. The number of hydrogen-bond acceptors (Lipinski definition) is 4. The van der Waals surface area contributed by atoms with Gasteiger partial charge in [0.1, 0.15) is 0 Å². The summed E-state index contributed by atoms with van der Waals surface area (Å²) >= 11 is 0.